The van der Waals surface area contributed by atoms with Gasteiger partial charge in [-0.2, -0.15) is 0 Å². The third-order valence-corrected chi connectivity index (χ3v) is 3.33. The van der Waals surface area contributed by atoms with Crippen LogP contribution in [0.2, 0.25) is 0 Å². The fraction of sp³-hybridized carbons (Fsp3) is 0.222. The Morgan fingerprint density at radius 1 is 1.05 bits per heavy atom. The van der Waals surface area contributed by atoms with E-state index in [-0.39, 0.29) is 6.04 Å². The first-order valence-corrected chi connectivity index (χ1v) is 6.90. The summed E-state index contributed by atoms with van der Waals surface area (Å²) in [6.45, 7) is 3.87. The number of benzene rings is 2. The van der Waals surface area contributed by atoms with Crippen LogP contribution < -0.4 is 10.2 Å². The molecule has 104 valence electrons. The predicted octanol–water partition coefficient (Wildman–Crippen LogP) is 4.48. The van der Waals surface area contributed by atoms with Gasteiger partial charge >= 0.3 is 0 Å². The first kappa shape index (κ1) is 14.2. The van der Waals surface area contributed by atoms with Gasteiger partial charge in [-0.25, -0.2) is 0 Å². The smallest absolute Gasteiger partial charge is 0.0548 e. The number of hydrogen-bond acceptors (Lipinski definition) is 2. The quantitative estimate of drug-likeness (QED) is 0.775. The molecule has 0 fully saturated rings. The SMILES string of the molecule is C=CCC(Nc1ccccc1)c1ccc(N(C)C)cc1. The third-order valence-electron chi connectivity index (χ3n) is 3.33. The summed E-state index contributed by atoms with van der Waals surface area (Å²) < 4.78 is 0. The molecule has 2 rings (SSSR count). The maximum absolute atomic E-state index is 3.87. The first-order chi connectivity index (χ1) is 9.70. The minimum absolute atomic E-state index is 0.256. The number of nitrogens with one attached hydrogen (secondary N) is 1. The monoisotopic (exact) mass is 266 g/mol. The van der Waals surface area contributed by atoms with Crippen molar-refractivity contribution in [3.63, 3.8) is 0 Å². The van der Waals surface area contributed by atoms with E-state index in [9.17, 15) is 0 Å². The molecule has 2 heteroatoms. The van der Waals surface area contributed by atoms with Gasteiger partial charge in [-0.15, -0.1) is 6.58 Å². The average Bonchev–Trinajstić information content (AvgIpc) is 2.48. The van der Waals surface area contributed by atoms with E-state index in [2.05, 4.69) is 67.3 Å². The fourth-order valence-corrected chi connectivity index (χ4v) is 2.19. The summed E-state index contributed by atoms with van der Waals surface area (Å²) in [5, 5.41) is 3.56. The van der Waals surface area contributed by atoms with Gasteiger partial charge < -0.3 is 10.2 Å². The average molecular weight is 266 g/mol. The zero-order valence-electron chi connectivity index (χ0n) is 12.2. The van der Waals surface area contributed by atoms with Gasteiger partial charge in [-0.3, -0.25) is 0 Å². The molecule has 0 saturated carbocycles. The van der Waals surface area contributed by atoms with E-state index in [1.165, 1.54) is 11.3 Å². The lowest BCUT2D eigenvalue weighted by atomic mass is 10.0. The molecular weight excluding hydrogens is 244 g/mol. The van der Waals surface area contributed by atoms with Crippen molar-refractivity contribution in [3.05, 3.63) is 72.8 Å². The maximum atomic E-state index is 3.87. The standard InChI is InChI=1S/C18H22N2/c1-4-8-18(19-16-9-6-5-7-10-16)15-11-13-17(14-12-15)20(2)3/h4-7,9-14,18-19H,1,8H2,2-3H3. The largest absolute Gasteiger partial charge is 0.378 e. The Morgan fingerprint density at radius 3 is 2.25 bits per heavy atom. The molecule has 0 saturated heterocycles. The van der Waals surface area contributed by atoms with Crippen molar-refractivity contribution in [1.82, 2.24) is 0 Å². The van der Waals surface area contributed by atoms with Crippen molar-refractivity contribution in [2.24, 2.45) is 0 Å². The van der Waals surface area contributed by atoms with E-state index >= 15 is 0 Å². The van der Waals surface area contributed by atoms with Gasteiger partial charge in [-0.05, 0) is 36.2 Å². The third kappa shape index (κ3) is 3.64. The van der Waals surface area contributed by atoms with Crippen LogP contribution in [0.4, 0.5) is 11.4 Å². The Hall–Kier alpha value is -2.22. The molecule has 2 nitrogen and oxygen atoms in total. The van der Waals surface area contributed by atoms with Crippen molar-refractivity contribution in [2.75, 3.05) is 24.3 Å². The molecule has 1 N–H and O–H groups in total. The van der Waals surface area contributed by atoms with Crippen molar-refractivity contribution in [2.45, 2.75) is 12.5 Å². The van der Waals surface area contributed by atoms with Gasteiger partial charge in [0.05, 0.1) is 6.04 Å². The van der Waals surface area contributed by atoms with Crippen LogP contribution >= 0.6 is 0 Å². The summed E-state index contributed by atoms with van der Waals surface area (Å²) in [5.41, 5.74) is 3.63. The number of hydrogen-bond donors (Lipinski definition) is 1. The summed E-state index contributed by atoms with van der Waals surface area (Å²) in [6, 6.07) is 19.2. The van der Waals surface area contributed by atoms with Crippen molar-refractivity contribution >= 4 is 11.4 Å². The summed E-state index contributed by atoms with van der Waals surface area (Å²) in [6.07, 6.45) is 2.86. The number of nitrogens with zero attached hydrogens (tertiary/aromatic N) is 1. The second-order valence-electron chi connectivity index (χ2n) is 5.07. The van der Waals surface area contributed by atoms with Gasteiger partial charge in [0.25, 0.3) is 0 Å². The fourth-order valence-electron chi connectivity index (χ4n) is 2.19. The second-order valence-corrected chi connectivity index (χ2v) is 5.07. The Bertz CT molecular complexity index is 529. The van der Waals surface area contributed by atoms with Gasteiger partial charge in [0.1, 0.15) is 0 Å². The summed E-state index contributed by atoms with van der Waals surface area (Å²) >= 11 is 0. The zero-order valence-corrected chi connectivity index (χ0v) is 12.2. The number of para-hydroxylation sites is 1. The normalized spacial score (nSPS) is 11.7. The van der Waals surface area contributed by atoms with Crippen molar-refractivity contribution < 1.29 is 0 Å². The Morgan fingerprint density at radius 2 is 1.70 bits per heavy atom. The van der Waals surface area contributed by atoms with Crippen LogP contribution in [0, 0.1) is 0 Å². The lowest BCUT2D eigenvalue weighted by Crippen LogP contribution is -2.11. The van der Waals surface area contributed by atoms with E-state index in [0.717, 1.165) is 12.1 Å². The predicted molar refractivity (Wildman–Crippen MR) is 88.4 cm³/mol. The van der Waals surface area contributed by atoms with E-state index in [1.54, 1.807) is 0 Å². The van der Waals surface area contributed by atoms with Crippen LogP contribution in [0.15, 0.2) is 67.3 Å². The van der Waals surface area contributed by atoms with Gasteiger partial charge in [-0.1, -0.05) is 36.4 Å². The molecule has 0 aromatic heterocycles. The van der Waals surface area contributed by atoms with Crippen LogP contribution in [0.5, 0.6) is 0 Å². The molecule has 0 radical (unpaired) electrons. The maximum Gasteiger partial charge on any atom is 0.0548 e. The highest BCUT2D eigenvalue weighted by Crippen LogP contribution is 2.24. The summed E-state index contributed by atoms with van der Waals surface area (Å²) in [7, 11) is 4.11. The van der Waals surface area contributed by atoms with E-state index in [1.807, 2.05) is 24.3 Å². The van der Waals surface area contributed by atoms with Crippen LogP contribution in [-0.2, 0) is 0 Å². The topological polar surface area (TPSA) is 15.3 Å². The number of anilines is 2. The molecule has 0 spiro atoms. The van der Waals surface area contributed by atoms with Crippen molar-refractivity contribution in [3.8, 4) is 0 Å². The molecule has 0 aliphatic carbocycles. The van der Waals surface area contributed by atoms with Gasteiger partial charge in [0, 0.05) is 25.5 Å². The molecule has 2 aromatic rings. The van der Waals surface area contributed by atoms with Crippen LogP contribution in [0.1, 0.15) is 18.0 Å². The molecular formula is C18H22N2. The Kier molecular flexibility index (Phi) is 4.83. The molecule has 0 bridgehead atoms. The highest BCUT2D eigenvalue weighted by atomic mass is 15.1. The minimum Gasteiger partial charge on any atom is -0.378 e. The van der Waals surface area contributed by atoms with Crippen LogP contribution in [0.3, 0.4) is 0 Å². The molecule has 0 heterocycles. The lowest BCUT2D eigenvalue weighted by molar-refractivity contribution is 0.799. The van der Waals surface area contributed by atoms with Gasteiger partial charge in [0.15, 0.2) is 0 Å². The van der Waals surface area contributed by atoms with E-state index < -0.39 is 0 Å². The lowest BCUT2D eigenvalue weighted by Gasteiger charge is -2.20. The number of rotatable bonds is 6. The highest BCUT2D eigenvalue weighted by molar-refractivity contribution is 5.49. The van der Waals surface area contributed by atoms with Crippen LogP contribution in [0.25, 0.3) is 0 Å². The zero-order chi connectivity index (χ0) is 14.4. The molecule has 1 unspecified atom stereocenters. The Balaban J connectivity index is 2.17. The molecule has 20 heavy (non-hydrogen) atoms. The summed E-state index contributed by atoms with van der Waals surface area (Å²) in [5.74, 6) is 0. The molecule has 0 aliphatic heterocycles. The molecule has 1 atom stereocenters. The van der Waals surface area contributed by atoms with Crippen LogP contribution in [-0.4, -0.2) is 14.1 Å². The van der Waals surface area contributed by atoms with E-state index in [0.29, 0.717) is 0 Å². The highest BCUT2D eigenvalue weighted by Gasteiger charge is 2.09. The van der Waals surface area contributed by atoms with Gasteiger partial charge in [0.2, 0.25) is 0 Å². The minimum atomic E-state index is 0.256. The summed E-state index contributed by atoms with van der Waals surface area (Å²) in [4.78, 5) is 2.11. The Labute approximate surface area is 121 Å². The molecule has 2 aromatic carbocycles. The van der Waals surface area contributed by atoms with E-state index in [4.69, 9.17) is 0 Å². The van der Waals surface area contributed by atoms with Crippen molar-refractivity contribution in [1.29, 1.82) is 0 Å². The molecule has 0 amide bonds. The second kappa shape index (κ2) is 6.80. The first-order valence-electron chi connectivity index (χ1n) is 6.90. The molecule has 0 aliphatic rings.